The maximum atomic E-state index is 14.3. The molecule has 1 aromatic heterocycles. The average molecular weight is 1770 g/mol. The molecule has 44 nitrogen and oxygen atoms in total. The normalized spacial score (nSPS) is 23.7. The van der Waals surface area contributed by atoms with Crippen LogP contribution in [0, 0.1) is 0 Å². The number of hydrogen-bond acceptors (Lipinski definition) is 30. The van der Waals surface area contributed by atoms with Crippen LogP contribution >= 0.6 is 0 Å². The Bertz CT molecular complexity index is 4160. The number of nitrogens with one attached hydrogen (secondary N) is 15. The van der Waals surface area contributed by atoms with Crippen molar-refractivity contribution in [2.45, 2.75) is 143 Å². The fraction of sp³-hybridized carbons (Fsp3) is 0.610. The van der Waals surface area contributed by atoms with Crippen molar-refractivity contribution in [2.24, 2.45) is 22.2 Å². The number of carboxylic acids is 1. The van der Waals surface area contributed by atoms with Crippen molar-refractivity contribution in [3.63, 3.8) is 0 Å². The lowest BCUT2D eigenvalue weighted by molar-refractivity contribution is -0.219. The molecular formula is C82H125N23O21. The standard InChI is InChI=1S/C82H125N23O21/c83-80(84)94-23-10-17-57-75(116)96-44-65(108)97-60(42-68(111)112)78(119)100-59(41-53-11-2-1-3-12-53)77(118)99-58(76(117)98-57)16-8-9-22-93-79(120)74-73(115)72(114)71(113)62(126-74)43-95-66(109)46-105-70-55-14-5-4-13-54(55)45-104(61-18-7-6-15-56(61)69(70)102-103-105)67(110)19-24-92-63(106)20-31-121-33-35-123-37-39-125-40-38-124-36-34-122-32-21-64(107)101-82-50-89-28-25-86-47-81(85,48-87-26-29-90-51-82)49-88-27-30-91-52-82/h1-7,11-15,18,57-60,62,71-74,86-91,113-115H,8-10,16-17,19-52,85H2,(H,92,106)(H,93,120)(H,95,109)(H,96,116)(H,97,108)(H,98,117)(H,99,118)(H,100,119)(H,101,107)(H,111,112)(H4,83,84,94)/t57-,58-,59+,60-,62-,71-,72+,73+,74-,81?,82?/m0/s1. The molecule has 694 valence electrons. The fourth-order valence-electron chi connectivity index (χ4n) is 14.7. The highest BCUT2D eigenvalue weighted by Gasteiger charge is 2.47. The Labute approximate surface area is 730 Å². The molecule has 7 heterocycles. The van der Waals surface area contributed by atoms with E-state index in [9.17, 15) is 73.2 Å². The lowest BCUT2D eigenvalue weighted by Gasteiger charge is -2.40. The maximum Gasteiger partial charge on any atom is 0.305 e. The first kappa shape index (κ1) is 99.4. The summed E-state index contributed by atoms with van der Waals surface area (Å²) in [6.07, 6.45) is -9.64. The van der Waals surface area contributed by atoms with Gasteiger partial charge in [0, 0.05) is 142 Å². The van der Waals surface area contributed by atoms with Crippen LogP contribution in [0.2, 0.25) is 0 Å². The highest BCUT2D eigenvalue weighted by Crippen LogP contribution is 2.41. The number of benzene rings is 3. The van der Waals surface area contributed by atoms with E-state index in [0.29, 0.717) is 118 Å². The van der Waals surface area contributed by atoms with Crippen molar-refractivity contribution < 1.29 is 102 Å². The zero-order chi connectivity index (χ0) is 90.1. The number of aliphatic hydroxyl groups is 3. The van der Waals surface area contributed by atoms with E-state index < -0.39 is 139 Å². The van der Waals surface area contributed by atoms with Crippen LogP contribution in [0.25, 0.3) is 22.5 Å². The second-order valence-corrected chi connectivity index (χ2v) is 31.4. The Morgan fingerprint density at radius 2 is 1.10 bits per heavy atom. The van der Waals surface area contributed by atoms with Gasteiger partial charge in [-0.1, -0.05) is 78.0 Å². The number of aromatic nitrogens is 3. The van der Waals surface area contributed by atoms with Crippen molar-refractivity contribution in [3.8, 4) is 22.5 Å². The Balaban J connectivity index is 0.675. The van der Waals surface area contributed by atoms with E-state index >= 15 is 0 Å². The molecule has 0 unspecified atom stereocenters. The van der Waals surface area contributed by atoms with E-state index in [1.807, 2.05) is 6.07 Å². The minimum absolute atomic E-state index is 0.0304. The van der Waals surface area contributed by atoms with Crippen LogP contribution in [-0.4, -0.2) is 350 Å². The monoisotopic (exact) mass is 1770 g/mol. The molecule has 5 fully saturated rings. The van der Waals surface area contributed by atoms with Crippen molar-refractivity contribution >= 4 is 76.7 Å². The van der Waals surface area contributed by atoms with Crippen LogP contribution in [0.3, 0.4) is 0 Å². The topological polar surface area (TPSA) is 629 Å². The number of amides is 10. The number of hydrogen-bond donors (Lipinski definition) is 22. The molecule has 4 aromatic rings. The lowest BCUT2D eigenvalue weighted by Crippen LogP contribution is -2.67. The predicted octanol–water partition coefficient (Wildman–Crippen LogP) is -7.96. The van der Waals surface area contributed by atoms with Crippen LogP contribution in [0.5, 0.6) is 0 Å². The van der Waals surface area contributed by atoms with Gasteiger partial charge in [-0.25, -0.2) is 4.68 Å². The van der Waals surface area contributed by atoms with Crippen LogP contribution in [0.1, 0.15) is 68.9 Å². The molecule has 2 bridgehead atoms. The van der Waals surface area contributed by atoms with Gasteiger partial charge >= 0.3 is 5.97 Å². The molecule has 0 aliphatic carbocycles. The molecule has 10 rings (SSSR count). The maximum absolute atomic E-state index is 14.3. The number of fused-ring (bicyclic) bond motifs is 20. The number of aliphatic carboxylic acids is 1. The van der Waals surface area contributed by atoms with Gasteiger partial charge in [-0.15, -0.1) is 5.10 Å². The second kappa shape index (κ2) is 52.6. The van der Waals surface area contributed by atoms with Crippen molar-refractivity contribution in [3.05, 3.63) is 90.0 Å². The average Bonchev–Trinajstić information content (AvgIpc) is 1.54. The molecule has 44 heteroatoms. The van der Waals surface area contributed by atoms with Gasteiger partial charge in [0.15, 0.2) is 12.1 Å². The minimum atomic E-state index is -1.95. The van der Waals surface area contributed by atoms with Gasteiger partial charge in [0.05, 0.1) is 108 Å². The van der Waals surface area contributed by atoms with E-state index in [4.69, 9.17) is 45.6 Å². The first-order chi connectivity index (χ1) is 60.9. The number of ether oxygens (including phenoxy) is 6. The number of carbonyl (C=O) groups is 11. The Morgan fingerprint density at radius 1 is 0.556 bits per heavy atom. The Kier molecular flexibility index (Phi) is 41.5. The third-order valence-electron chi connectivity index (χ3n) is 21.4. The van der Waals surface area contributed by atoms with E-state index in [1.54, 1.807) is 77.7 Å². The number of anilines is 1. The number of aliphatic imine (C=N–C) groups is 1. The number of guanidine groups is 1. The summed E-state index contributed by atoms with van der Waals surface area (Å²) in [5.74, 6) is -8.58. The van der Waals surface area contributed by atoms with Gasteiger partial charge in [0.25, 0.3) is 5.91 Å². The van der Waals surface area contributed by atoms with E-state index in [1.165, 1.54) is 4.68 Å². The summed E-state index contributed by atoms with van der Waals surface area (Å²) in [6.45, 7) is 9.43. The molecule has 0 radical (unpaired) electrons. The van der Waals surface area contributed by atoms with Crippen molar-refractivity contribution in [2.75, 3.05) is 182 Å². The van der Waals surface area contributed by atoms with E-state index in [-0.39, 0.29) is 134 Å². The zero-order valence-corrected chi connectivity index (χ0v) is 71.0. The van der Waals surface area contributed by atoms with Gasteiger partial charge in [-0.2, -0.15) is 0 Å². The highest BCUT2D eigenvalue weighted by atomic mass is 16.6. The summed E-state index contributed by atoms with van der Waals surface area (Å²) in [5.41, 5.74) is 20.3. The van der Waals surface area contributed by atoms with Crippen LogP contribution < -0.4 is 102 Å². The van der Waals surface area contributed by atoms with Gasteiger partial charge < -0.3 is 151 Å². The number of aliphatic hydroxyl groups excluding tert-OH is 3. The number of nitrogens with zero attached hydrogens (tertiary/aromatic N) is 5. The number of rotatable bonds is 40. The molecule has 6 aliphatic rings. The number of carbonyl (C=O) groups excluding carboxylic acids is 10. The first-order valence-corrected chi connectivity index (χ1v) is 42.8. The third-order valence-corrected chi connectivity index (χ3v) is 21.4. The van der Waals surface area contributed by atoms with Crippen LogP contribution in [0.15, 0.2) is 83.9 Å². The summed E-state index contributed by atoms with van der Waals surface area (Å²) in [5, 5.41) is 96.7. The summed E-state index contributed by atoms with van der Waals surface area (Å²) < 4.78 is 35.5. The first-order valence-electron chi connectivity index (χ1n) is 42.8. The summed E-state index contributed by atoms with van der Waals surface area (Å²) in [6, 6.07) is 16.8. The van der Waals surface area contributed by atoms with Crippen molar-refractivity contribution in [1.82, 2.24) is 94.7 Å². The smallest absolute Gasteiger partial charge is 0.305 e. The number of para-hydroxylation sites is 1. The summed E-state index contributed by atoms with van der Waals surface area (Å²) >= 11 is 0. The minimum Gasteiger partial charge on any atom is -0.481 e. The molecule has 126 heavy (non-hydrogen) atoms. The highest BCUT2D eigenvalue weighted by molar-refractivity contribution is 6.01. The summed E-state index contributed by atoms with van der Waals surface area (Å²) in [4.78, 5) is 155. The molecule has 9 atom stereocenters. The molecule has 10 amide bonds. The molecular weight excluding hydrogens is 1640 g/mol. The van der Waals surface area contributed by atoms with Crippen LogP contribution in [-0.2, 0) is 101 Å². The predicted molar refractivity (Wildman–Crippen MR) is 458 cm³/mol. The summed E-state index contributed by atoms with van der Waals surface area (Å²) in [7, 11) is 0. The van der Waals surface area contributed by atoms with Gasteiger partial charge in [0.1, 0.15) is 60.8 Å². The lowest BCUT2D eigenvalue weighted by atomic mass is 9.94. The molecule has 6 aliphatic heterocycles. The number of unbranched alkanes of at least 4 members (excludes halogenated alkanes) is 1. The molecule has 5 saturated heterocycles. The van der Waals surface area contributed by atoms with Crippen LogP contribution in [0.4, 0.5) is 5.69 Å². The Morgan fingerprint density at radius 3 is 1.71 bits per heavy atom. The fourth-order valence-corrected chi connectivity index (χ4v) is 14.7. The second-order valence-electron chi connectivity index (χ2n) is 31.4. The van der Waals surface area contributed by atoms with Gasteiger partial charge in [-0.3, -0.25) is 57.7 Å². The van der Waals surface area contributed by atoms with E-state index in [0.717, 1.165) is 39.3 Å². The molecule has 3 aromatic carbocycles. The molecule has 0 spiro atoms. The number of carboxylic acid groups (broad SMARTS) is 1. The van der Waals surface area contributed by atoms with Gasteiger partial charge in [0.2, 0.25) is 53.2 Å². The quantitative estimate of drug-likeness (QED) is 0.0112. The molecule has 0 saturated carbocycles. The largest absolute Gasteiger partial charge is 0.481 e. The molecule has 25 N–H and O–H groups in total. The number of nitrogens with two attached hydrogens (primary N) is 3. The van der Waals surface area contributed by atoms with Crippen molar-refractivity contribution in [1.29, 1.82) is 0 Å². The SMILES string of the molecule is NC(N)=NCCC[C@@H]1NC(=O)[C@H](CCCCNC(=O)[C@H]2O[C@@H](CNC(=O)Cn3nnc4c3-c3ccccc3CN(C(=O)CCNC(=O)CCOCCOCCOCCOCCOCCC(=O)NC35CNCCNCC(N)(CNCCNC3)CNCCNC5)c3ccccc3-4)[C@H](O)[C@@H](O)[C@H]2O)NC(=O)[C@@H](Cc2ccccc2)NC(=O)[C@H](CC(=O)O)NC(=O)CNC1=O. The Hall–Kier alpha value is -10.4. The van der Waals surface area contributed by atoms with Gasteiger partial charge in [-0.05, 0) is 49.3 Å². The van der Waals surface area contributed by atoms with E-state index in [2.05, 4.69) is 95.1 Å². The zero-order valence-electron chi connectivity index (χ0n) is 71.0. The third kappa shape index (κ3) is 32.8.